The number of hydrogen-bond acceptors (Lipinski definition) is 5. The number of nitrogens with zero attached hydrogens (tertiary/aromatic N) is 3. The Morgan fingerprint density at radius 1 is 1.03 bits per heavy atom. The van der Waals surface area contributed by atoms with Crippen LogP contribution < -0.4 is 10.9 Å². The number of hydrogen-bond donors (Lipinski definition) is 1. The molecular weight excluding hydrogens is 396 g/mol. The van der Waals surface area contributed by atoms with E-state index in [1.165, 1.54) is 15.3 Å². The van der Waals surface area contributed by atoms with Crippen molar-refractivity contribution in [3.63, 3.8) is 0 Å². The Morgan fingerprint density at radius 3 is 2.55 bits per heavy atom. The standard InChI is InChI=1S/C23H20N4O4/c1-2-31-23(30)17-10-6-7-11-18(17)24-21(28)15-26-12-13-27-20(22(26)29)14-19(25-27)16-8-4-3-5-9-16/h3-14H,2,15H2,1H3,(H,24,28). The molecule has 1 amide bonds. The maximum Gasteiger partial charge on any atom is 0.340 e. The van der Waals surface area contributed by atoms with Crippen molar-refractivity contribution in [2.24, 2.45) is 0 Å². The van der Waals surface area contributed by atoms with Gasteiger partial charge in [-0.3, -0.25) is 9.59 Å². The highest BCUT2D eigenvalue weighted by Gasteiger charge is 2.15. The second-order valence-electron chi connectivity index (χ2n) is 6.77. The van der Waals surface area contributed by atoms with Crippen LogP contribution in [0.4, 0.5) is 5.69 Å². The fraction of sp³-hybridized carbons (Fsp3) is 0.130. The Hall–Kier alpha value is -4.20. The largest absolute Gasteiger partial charge is 0.462 e. The normalized spacial score (nSPS) is 10.7. The van der Waals surface area contributed by atoms with Crippen molar-refractivity contribution in [2.45, 2.75) is 13.5 Å². The highest BCUT2D eigenvalue weighted by atomic mass is 16.5. The molecule has 0 fully saturated rings. The van der Waals surface area contributed by atoms with Crippen molar-refractivity contribution < 1.29 is 14.3 Å². The van der Waals surface area contributed by atoms with Crippen molar-refractivity contribution in [1.82, 2.24) is 14.2 Å². The summed E-state index contributed by atoms with van der Waals surface area (Å²) in [5.41, 5.74) is 2.17. The molecule has 0 saturated heterocycles. The summed E-state index contributed by atoms with van der Waals surface area (Å²) in [6.45, 7) is 1.73. The molecule has 31 heavy (non-hydrogen) atoms. The van der Waals surface area contributed by atoms with Gasteiger partial charge in [-0.2, -0.15) is 5.10 Å². The van der Waals surface area contributed by atoms with Gasteiger partial charge in [0.15, 0.2) is 0 Å². The minimum atomic E-state index is -0.523. The molecule has 0 bridgehead atoms. The van der Waals surface area contributed by atoms with E-state index in [1.54, 1.807) is 43.5 Å². The van der Waals surface area contributed by atoms with E-state index in [9.17, 15) is 14.4 Å². The molecule has 8 nitrogen and oxygen atoms in total. The number of rotatable bonds is 6. The summed E-state index contributed by atoms with van der Waals surface area (Å²) < 4.78 is 7.81. The fourth-order valence-electron chi connectivity index (χ4n) is 3.22. The number of amides is 1. The van der Waals surface area contributed by atoms with E-state index >= 15 is 0 Å². The first-order chi connectivity index (χ1) is 15.1. The maximum absolute atomic E-state index is 12.9. The first-order valence-electron chi connectivity index (χ1n) is 9.77. The van der Waals surface area contributed by atoms with Gasteiger partial charge in [-0.15, -0.1) is 0 Å². The predicted octanol–water partition coefficient (Wildman–Crippen LogP) is 2.98. The number of benzene rings is 2. The quantitative estimate of drug-likeness (QED) is 0.488. The number of carbonyl (C=O) groups is 2. The first kappa shape index (κ1) is 20.1. The molecule has 2 aromatic carbocycles. The number of esters is 1. The minimum Gasteiger partial charge on any atom is -0.462 e. The first-order valence-corrected chi connectivity index (χ1v) is 9.77. The van der Waals surface area contributed by atoms with E-state index < -0.39 is 11.9 Å². The minimum absolute atomic E-state index is 0.210. The molecular formula is C23H20N4O4. The average molecular weight is 416 g/mol. The number of para-hydroxylation sites is 1. The zero-order valence-corrected chi connectivity index (χ0v) is 16.8. The van der Waals surface area contributed by atoms with Crippen molar-refractivity contribution in [2.75, 3.05) is 11.9 Å². The molecule has 8 heteroatoms. The molecule has 156 valence electrons. The fourth-order valence-corrected chi connectivity index (χ4v) is 3.22. The van der Waals surface area contributed by atoms with Gasteiger partial charge >= 0.3 is 5.97 Å². The lowest BCUT2D eigenvalue weighted by Gasteiger charge is -2.11. The zero-order valence-electron chi connectivity index (χ0n) is 16.8. The summed E-state index contributed by atoms with van der Waals surface area (Å²) in [7, 11) is 0. The summed E-state index contributed by atoms with van der Waals surface area (Å²) in [6.07, 6.45) is 3.14. The van der Waals surface area contributed by atoms with Gasteiger partial charge in [0.2, 0.25) is 5.91 Å². The van der Waals surface area contributed by atoms with Crippen LogP contribution in [0.2, 0.25) is 0 Å². The van der Waals surface area contributed by atoms with Crippen LogP contribution in [-0.4, -0.2) is 32.7 Å². The Balaban J connectivity index is 1.57. The number of nitrogens with one attached hydrogen (secondary N) is 1. The molecule has 0 aliphatic carbocycles. The zero-order chi connectivity index (χ0) is 21.8. The average Bonchev–Trinajstić information content (AvgIpc) is 3.22. The highest BCUT2D eigenvalue weighted by molar-refractivity contribution is 6.01. The van der Waals surface area contributed by atoms with Gasteiger partial charge < -0.3 is 14.6 Å². The lowest BCUT2D eigenvalue weighted by atomic mass is 10.1. The van der Waals surface area contributed by atoms with Crippen LogP contribution >= 0.6 is 0 Å². The SMILES string of the molecule is CCOC(=O)c1ccccc1NC(=O)Cn1ccn2nc(-c3ccccc3)cc2c1=O. The second kappa shape index (κ2) is 8.66. The Labute approximate surface area is 177 Å². The van der Waals surface area contributed by atoms with Crippen LogP contribution in [0.15, 0.2) is 77.9 Å². The van der Waals surface area contributed by atoms with Crippen molar-refractivity contribution in [1.29, 1.82) is 0 Å². The van der Waals surface area contributed by atoms with Gasteiger partial charge in [0, 0.05) is 18.0 Å². The summed E-state index contributed by atoms with van der Waals surface area (Å²) in [5, 5.41) is 7.11. The molecule has 2 heterocycles. The lowest BCUT2D eigenvalue weighted by Crippen LogP contribution is -2.28. The summed E-state index contributed by atoms with van der Waals surface area (Å²) in [4.78, 5) is 37.5. The lowest BCUT2D eigenvalue weighted by molar-refractivity contribution is -0.116. The third-order valence-electron chi connectivity index (χ3n) is 4.68. The molecule has 1 N–H and O–H groups in total. The number of ether oxygens (including phenoxy) is 1. The highest BCUT2D eigenvalue weighted by Crippen LogP contribution is 2.18. The van der Waals surface area contributed by atoms with Crippen LogP contribution in [0.1, 0.15) is 17.3 Å². The van der Waals surface area contributed by atoms with Crippen LogP contribution in [-0.2, 0) is 16.1 Å². The van der Waals surface area contributed by atoms with Gasteiger partial charge in [-0.05, 0) is 25.1 Å². The third-order valence-corrected chi connectivity index (χ3v) is 4.68. The maximum atomic E-state index is 12.9. The molecule has 0 saturated carbocycles. The van der Waals surface area contributed by atoms with Crippen LogP contribution in [0, 0.1) is 0 Å². The molecule has 0 unspecified atom stereocenters. The Kier molecular flexibility index (Phi) is 5.61. The molecule has 4 aromatic rings. The van der Waals surface area contributed by atoms with E-state index in [-0.39, 0.29) is 24.3 Å². The van der Waals surface area contributed by atoms with Gasteiger partial charge in [0.25, 0.3) is 5.56 Å². The number of anilines is 1. The molecule has 0 radical (unpaired) electrons. The van der Waals surface area contributed by atoms with Crippen LogP contribution in [0.3, 0.4) is 0 Å². The number of fused-ring (bicyclic) bond motifs is 1. The topological polar surface area (TPSA) is 94.7 Å². The van der Waals surface area contributed by atoms with Crippen molar-refractivity contribution in [3.8, 4) is 11.3 Å². The van der Waals surface area contributed by atoms with Crippen LogP contribution in [0.5, 0.6) is 0 Å². The van der Waals surface area contributed by atoms with E-state index in [0.717, 1.165) is 5.56 Å². The Bertz CT molecular complexity index is 1310. The third kappa shape index (κ3) is 4.23. The summed E-state index contributed by atoms with van der Waals surface area (Å²) in [6, 6.07) is 17.8. The van der Waals surface area contributed by atoms with Gasteiger partial charge in [0.05, 0.1) is 23.6 Å². The molecule has 0 aliphatic heterocycles. The smallest absolute Gasteiger partial charge is 0.340 e. The van der Waals surface area contributed by atoms with Gasteiger partial charge in [-0.25, -0.2) is 9.31 Å². The molecule has 0 spiro atoms. The summed E-state index contributed by atoms with van der Waals surface area (Å²) >= 11 is 0. The van der Waals surface area contributed by atoms with E-state index in [1.807, 2.05) is 30.3 Å². The van der Waals surface area contributed by atoms with E-state index in [0.29, 0.717) is 16.9 Å². The number of carbonyl (C=O) groups excluding carboxylic acids is 2. The summed E-state index contributed by atoms with van der Waals surface area (Å²) in [5.74, 6) is -0.962. The second-order valence-corrected chi connectivity index (χ2v) is 6.77. The molecule has 4 rings (SSSR count). The molecule has 0 atom stereocenters. The molecule has 2 aromatic heterocycles. The molecule has 0 aliphatic rings. The number of aromatic nitrogens is 3. The predicted molar refractivity (Wildman–Crippen MR) is 116 cm³/mol. The monoisotopic (exact) mass is 416 g/mol. The van der Waals surface area contributed by atoms with Crippen molar-refractivity contribution >= 4 is 23.1 Å². The Morgan fingerprint density at radius 2 is 1.77 bits per heavy atom. The van der Waals surface area contributed by atoms with E-state index in [4.69, 9.17) is 4.74 Å². The van der Waals surface area contributed by atoms with Crippen molar-refractivity contribution in [3.05, 3.63) is 89.0 Å². The van der Waals surface area contributed by atoms with E-state index in [2.05, 4.69) is 10.4 Å². The van der Waals surface area contributed by atoms with Gasteiger partial charge in [-0.1, -0.05) is 42.5 Å². The van der Waals surface area contributed by atoms with Crippen LogP contribution in [0.25, 0.3) is 16.8 Å². The van der Waals surface area contributed by atoms with Gasteiger partial charge in [0.1, 0.15) is 12.1 Å².